The number of hydrogen-bond acceptors (Lipinski definition) is 6. The van der Waals surface area contributed by atoms with Crippen LogP contribution in [0.2, 0.25) is 0 Å². The highest BCUT2D eigenvalue weighted by Gasteiger charge is 2.09. The zero-order valence-corrected chi connectivity index (χ0v) is 15.6. The molecule has 0 radical (unpaired) electrons. The fraction of sp³-hybridized carbons (Fsp3) is 0.278. The summed E-state index contributed by atoms with van der Waals surface area (Å²) in [6.45, 7) is 0.913. The van der Waals surface area contributed by atoms with Crippen molar-refractivity contribution in [3.05, 3.63) is 49.4 Å². The number of aromatic nitrogens is 1. The molecule has 128 valence electrons. The van der Waals surface area contributed by atoms with Crippen LogP contribution in [0.4, 0.5) is 0 Å². The number of thiazole rings is 1. The van der Waals surface area contributed by atoms with Crippen LogP contribution in [0.25, 0.3) is 11.6 Å². The van der Waals surface area contributed by atoms with Gasteiger partial charge >= 0.3 is 0 Å². The first-order valence-corrected chi connectivity index (χ1v) is 9.57. The third-order valence-corrected chi connectivity index (χ3v) is 5.36. The zero-order valence-electron chi connectivity index (χ0n) is 14.0. The highest BCUT2D eigenvalue weighted by atomic mass is 32.2. The number of thioether (sulfide) groups is 1. The third kappa shape index (κ3) is 4.61. The number of rotatable bonds is 6. The first kappa shape index (κ1) is 19.0. The SMILES string of the molecule is COCCCn1c(=C(C#N)C#N)sc(=Cc2ccc(SC)cc2)c1=O. The maximum atomic E-state index is 12.7. The van der Waals surface area contributed by atoms with Crippen molar-refractivity contribution in [3.8, 4) is 12.1 Å². The van der Waals surface area contributed by atoms with Gasteiger partial charge in [0.1, 0.15) is 16.8 Å². The molecule has 1 aromatic heterocycles. The lowest BCUT2D eigenvalue weighted by Gasteiger charge is -2.01. The summed E-state index contributed by atoms with van der Waals surface area (Å²) in [5.74, 6) is 0. The van der Waals surface area contributed by atoms with Crippen molar-refractivity contribution in [2.45, 2.75) is 17.9 Å². The number of nitriles is 2. The molecule has 0 saturated carbocycles. The van der Waals surface area contributed by atoms with E-state index in [-0.39, 0.29) is 11.1 Å². The Kier molecular flexibility index (Phi) is 7.03. The van der Waals surface area contributed by atoms with Gasteiger partial charge in [0.25, 0.3) is 5.56 Å². The fourth-order valence-electron chi connectivity index (χ4n) is 2.25. The molecule has 1 heterocycles. The molecule has 0 fully saturated rings. The highest BCUT2D eigenvalue weighted by molar-refractivity contribution is 7.98. The molecule has 25 heavy (non-hydrogen) atoms. The summed E-state index contributed by atoms with van der Waals surface area (Å²) in [4.78, 5) is 13.9. The van der Waals surface area contributed by atoms with Gasteiger partial charge in [-0.2, -0.15) is 10.5 Å². The first-order valence-electron chi connectivity index (χ1n) is 7.53. The van der Waals surface area contributed by atoms with Gasteiger partial charge in [-0.05, 0) is 36.4 Å². The number of benzene rings is 1. The Morgan fingerprint density at radius 3 is 2.56 bits per heavy atom. The number of nitrogens with zero attached hydrogens (tertiary/aromatic N) is 3. The monoisotopic (exact) mass is 371 g/mol. The lowest BCUT2D eigenvalue weighted by atomic mass is 10.2. The largest absolute Gasteiger partial charge is 0.385 e. The first-order chi connectivity index (χ1) is 12.1. The molecule has 0 amide bonds. The van der Waals surface area contributed by atoms with Gasteiger partial charge in [-0.1, -0.05) is 12.1 Å². The quantitative estimate of drug-likeness (QED) is 0.570. The highest BCUT2D eigenvalue weighted by Crippen LogP contribution is 2.14. The van der Waals surface area contributed by atoms with Gasteiger partial charge in [-0.15, -0.1) is 23.1 Å². The van der Waals surface area contributed by atoms with Crippen LogP contribution < -0.4 is 14.8 Å². The van der Waals surface area contributed by atoms with Gasteiger partial charge in [0.05, 0.1) is 4.53 Å². The van der Waals surface area contributed by atoms with E-state index >= 15 is 0 Å². The van der Waals surface area contributed by atoms with Crippen LogP contribution in [0.1, 0.15) is 12.0 Å². The van der Waals surface area contributed by atoms with E-state index in [1.165, 1.54) is 15.9 Å². The minimum atomic E-state index is -0.187. The molecular formula is C18H17N3O2S2. The molecule has 0 saturated heterocycles. The minimum absolute atomic E-state index is 0.0445. The molecule has 5 nitrogen and oxygen atoms in total. The fourth-order valence-corrected chi connectivity index (χ4v) is 3.73. The Morgan fingerprint density at radius 2 is 2.00 bits per heavy atom. The van der Waals surface area contributed by atoms with Crippen LogP contribution in [-0.4, -0.2) is 24.5 Å². The third-order valence-electron chi connectivity index (χ3n) is 3.49. The molecule has 2 aromatic rings. The van der Waals surface area contributed by atoms with E-state index in [9.17, 15) is 4.79 Å². The lowest BCUT2D eigenvalue weighted by molar-refractivity contribution is 0.190. The number of ether oxygens (including phenoxy) is 1. The normalized spacial score (nSPS) is 11.1. The van der Waals surface area contributed by atoms with Crippen LogP contribution in [0.3, 0.4) is 0 Å². The van der Waals surface area contributed by atoms with Gasteiger partial charge in [-0.25, -0.2) is 0 Å². The molecule has 0 N–H and O–H groups in total. The summed E-state index contributed by atoms with van der Waals surface area (Å²) >= 11 is 2.82. The summed E-state index contributed by atoms with van der Waals surface area (Å²) in [7, 11) is 1.59. The van der Waals surface area contributed by atoms with E-state index in [0.717, 1.165) is 10.5 Å². The molecular weight excluding hydrogens is 354 g/mol. The summed E-state index contributed by atoms with van der Waals surface area (Å²) in [6, 6.07) is 11.6. The second-order valence-corrected chi connectivity index (χ2v) is 7.00. The molecule has 7 heteroatoms. The molecule has 0 bridgehead atoms. The van der Waals surface area contributed by atoms with Crippen LogP contribution >= 0.6 is 23.1 Å². The summed E-state index contributed by atoms with van der Waals surface area (Å²) < 4.78 is 7.42. The standard InChI is InChI=1S/C18H17N3O2S2/c1-23-9-3-8-21-17(22)16(25-18(21)14(11-19)12-20)10-13-4-6-15(24-2)7-5-13/h4-7,10H,3,8-9H2,1-2H3. The predicted molar refractivity (Wildman–Crippen MR) is 101 cm³/mol. The molecule has 0 aliphatic carbocycles. The average Bonchev–Trinajstić information content (AvgIpc) is 2.93. The Balaban J connectivity index is 2.60. The molecule has 0 unspecified atom stereocenters. The van der Waals surface area contributed by atoms with E-state index in [2.05, 4.69) is 0 Å². The van der Waals surface area contributed by atoms with Crippen molar-refractivity contribution in [1.82, 2.24) is 4.57 Å². The average molecular weight is 371 g/mol. The van der Waals surface area contributed by atoms with E-state index in [4.69, 9.17) is 15.3 Å². The van der Waals surface area contributed by atoms with Gasteiger partial charge in [-0.3, -0.25) is 9.36 Å². The lowest BCUT2D eigenvalue weighted by Crippen LogP contribution is -2.32. The second kappa shape index (κ2) is 9.24. The maximum absolute atomic E-state index is 12.7. The second-order valence-electron chi connectivity index (χ2n) is 5.09. The summed E-state index contributed by atoms with van der Waals surface area (Å²) in [5, 5.41) is 18.3. The molecule has 0 aliphatic rings. The molecule has 0 spiro atoms. The Bertz CT molecular complexity index is 973. The molecule has 0 atom stereocenters. The smallest absolute Gasteiger partial charge is 0.269 e. The van der Waals surface area contributed by atoms with Crippen molar-refractivity contribution >= 4 is 34.7 Å². The van der Waals surface area contributed by atoms with E-state index in [1.807, 2.05) is 42.7 Å². The number of hydrogen-bond donors (Lipinski definition) is 0. The molecule has 1 aromatic carbocycles. The predicted octanol–water partition coefficient (Wildman–Crippen LogP) is 1.69. The van der Waals surface area contributed by atoms with Crippen molar-refractivity contribution < 1.29 is 4.74 Å². The molecule has 2 rings (SSSR count). The maximum Gasteiger partial charge on any atom is 0.269 e. The topological polar surface area (TPSA) is 78.8 Å². The van der Waals surface area contributed by atoms with Crippen LogP contribution in [0.5, 0.6) is 0 Å². The molecule has 0 aliphatic heterocycles. The van der Waals surface area contributed by atoms with Gasteiger partial charge in [0, 0.05) is 25.2 Å². The van der Waals surface area contributed by atoms with E-state index in [0.29, 0.717) is 28.8 Å². The van der Waals surface area contributed by atoms with Crippen molar-refractivity contribution in [3.63, 3.8) is 0 Å². The number of methoxy groups -OCH3 is 1. The summed E-state index contributed by atoms with van der Waals surface area (Å²) in [5.41, 5.74) is 0.673. The Hall–Kier alpha value is -2.32. The van der Waals surface area contributed by atoms with Crippen LogP contribution in [-0.2, 0) is 11.3 Å². The van der Waals surface area contributed by atoms with Crippen molar-refractivity contribution in [1.29, 1.82) is 10.5 Å². The van der Waals surface area contributed by atoms with Crippen LogP contribution in [0, 0.1) is 22.7 Å². The Morgan fingerprint density at radius 1 is 1.32 bits per heavy atom. The van der Waals surface area contributed by atoms with Crippen LogP contribution in [0.15, 0.2) is 34.0 Å². The van der Waals surface area contributed by atoms with Gasteiger partial charge in [0.2, 0.25) is 0 Å². The van der Waals surface area contributed by atoms with E-state index < -0.39 is 0 Å². The van der Waals surface area contributed by atoms with Gasteiger partial charge < -0.3 is 4.74 Å². The van der Waals surface area contributed by atoms with Crippen molar-refractivity contribution in [2.75, 3.05) is 20.0 Å². The van der Waals surface area contributed by atoms with Gasteiger partial charge in [0.15, 0.2) is 5.57 Å². The zero-order chi connectivity index (χ0) is 18.2. The van der Waals surface area contributed by atoms with Crippen molar-refractivity contribution in [2.24, 2.45) is 0 Å². The summed E-state index contributed by atoms with van der Waals surface area (Å²) in [6.07, 6.45) is 4.43. The minimum Gasteiger partial charge on any atom is -0.385 e. The Labute approximate surface area is 154 Å². The van der Waals surface area contributed by atoms with E-state index in [1.54, 1.807) is 24.9 Å².